The third-order valence-electron chi connectivity index (χ3n) is 3.08. The van der Waals surface area contributed by atoms with Crippen molar-refractivity contribution in [1.82, 2.24) is 0 Å². The molecule has 1 aromatic carbocycles. The molecule has 0 aliphatic rings. The van der Waals surface area contributed by atoms with Crippen molar-refractivity contribution >= 4 is 0 Å². The number of hydrogen-bond donors (Lipinski definition) is 1. The highest BCUT2D eigenvalue weighted by Crippen LogP contribution is 2.45. The van der Waals surface area contributed by atoms with E-state index >= 15 is 4.39 Å². The number of nitrogens with two attached hydrogens (primary N) is 1. The lowest BCUT2D eigenvalue weighted by molar-refractivity contribution is 0.0314. The summed E-state index contributed by atoms with van der Waals surface area (Å²) in [5.41, 5.74) is 4.04. The predicted octanol–water partition coefficient (Wildman–Crippen LogP) is 3.25. The molecule has 0 bridgehead atoms. The van der Waals surface area contributed by atoms with Crippen molar-refractivity contribution in [2.75, 3.05) is 13.2 Å². The summed E-state index contributed by atoms with van der Waals surface area (Å²) in [4.78, 5) is 0. The number of alkyl halides is 1. The molecule has 96 valence electrons. The van der Waals surface area contributed by atoms with Crippen LogP contribution in [0.4, 0.5) is 4.39 Å². The minimum atomic E-state index is -1.58. The van der Waals surface area contributed by atoms with Crippen LogP contribution >= 0.6 is 0 Å². The zero-order valence-electron chi connectivity index (χ0n) is 11.1. The molecular weight excluding hydrogens is 217 g/mol. The van der Waals surface area contributed by atoms with E-state index in [1.165, 1.54) is 0 Å². The summed E-state index contributed by atoms with van der Waals surface area (Å²) in [6.07, 6.45) is 0. The first-order chi connectivity index (χ1) is 7.86. The van der Waals surface area contributed by atoms with Gasteiger partial charge in [-0.25, -0.2) is 4.39 Å². The van der Waals surface area contributed by atoms with Gasteiger partial charge in [0.15, 0.2) is 5.67 Å². The third-order valence-corrected chi connectivity index (χ3v) is 3.08. The second-order valence-electron chi connectivity index (χ2n) is 5.18. The van der Waals surface area contributed by atoms with Gasteiger partial charge < -0.3 is 10.5 Å². The average Bonchev–Trinajstić information content (AvgIpc) is 2.27. The SMILES string of the molecule is CCOc1ccccc1C(F)(CN)C(C)(C)C. The normalized spacial score (nSPS) is 15.4. The van der Waals surface area contributed by atoms with Crippen LogP contribution in [0.15, 0.2) is 24.3 Å². The number of ether oxygens (including phenoxy) is 1. The summed E-state index contributed by atoms with van der Waals surface area (Å²) in [6.45, 7) is 7.90. The van der Waals surface area contributed by atoms with Gasteiger partial charge >= 0.3 is 0 Å². The molecule has 1 rings (SSSR count). The first-order valence-electron chi connectivity index (χ1n) is 5.98. The largest absolute Gasteiger partial charge is 0.493 e. The van der Waals surface area contributed by atoms with E-state index in [2.05, 4.69) is 0 Å². The van der Waals surface area contributed by atoms with E-state index < -0.39 is 11.1 Å². The Balaban J connectivity index is 3.29. The van der Waals surface area contributed by atoms with Crippen LogP contribution in [0, 0.1) is 5.41 Å². The van der Waals surface area contributed by atoms with Gasteiger partial charge in [-0.05, 0) is 13.0 Å². The van der Waals surface area contributed by atoms with Gasteiger partial charge in [0.05, 0.1) is 6.61 Å². The first-order valence-corrected chi connectivity index (χ1v) is 5.98. The van der Waals surface area contributed by atoms with Crippen molar-refractivity contribution in [3.63, 3.8) is 0 Å². The van der Waals surface area contributed by atoms with Crippen LogP contribution in [0.5, 0.6) is 5.75 Å². The van der Waals surface area contributed by atoms with Crippen molar-refractivity contribution in [2.24, 2.45) is 11.1 Å². The minimum absolute atomic E-state index is 0.0550. The molecule has 1 atom stereocenters. The van der Waals surface area contributed by atoms with Crippen molar-refractivity contribution in [1.29, 1.82) is 0 Å². The molecule has 1 aromatic rings. The highest BCUT2D eigenvalue weighted by atomic mass is 19.1. The second-order valence-corrected chi connectivity index (χ2v) is 5.18. The summed E-state index contributed by atoms with van der Waals surface area (Å²) in [7, 11) is 0. The van der Waals surface area contributed by atoms with Crippen LogP contribution in [0.2, 0.25) is 0 Å². The molecule has 0 heterocycles. The third kappa shape index (κ3) is 2.60. The lowest BCUT2D eigenvalue weighted by atomic mass is 9.73. The van der Waals surface area contributed by atoms with E-state index in [0.717, 1.165) is 0 Å². The summed E-state index contributed by atoms with van der Waals surface area (Å²) in [5.74, 6) is 0.581. The molecule has 0 amide bonds. The highest BCUT2D eigenvalue weighted by Gasteiger charge is 2.44. The maximum atomic E-state index is 15.1. The molecule has 1 unspecified atom stereocenters. The topological polar surface area (TPSA) is 35.2 Å². The minimum Gasteiger partial charge on any atom is -0.493 e. The van der Waals surface area contributed by atoms with E-state index in [1.807, 2.05) is 39.8 Å². The number of rotatable bonds is 4. The van der Waals surface area contributed by atoms with Gasteiger partial charge in [0.1, 0.15) is 5.75 Å². The van der Waals surface area contributed by atoms with Crippen LogP contribution in [-0.2, 0) is 5.67 Å². The number of benzene rings is 1. The maximum absolute atomic E-state index is 15.1. The Hall–Kier alpha value is -1.09. The zero-order valence-corrected chi connectivity index (χ0v) is 11.1. The quantitative estimate of drug-likeness (QED) is 0.875. The molecule has 0 saturated heterocycles. The van der Waals surface area contributed by atoms with Gasteiger partial charge in [0.2, 0.25) is 0 Å². The number of para-hydroxylation sites is 1. The van der Waals surface area contributed by atoms with E-state index in [9.17, 15) is 0 Å². The predicted molar refractivity (Wildman–Crippen MR) is 68.9 cm³/mol. The number of hydrogen-bond acceptors (Lipinski definition) is 2. The molecule has 0 aliphatic carbocycles. The van der Waals surface area contributed by atoms with Crippen molar-refractivity contribution in [2.45, 2.75) is 33.4 Å². The summed E-state index contributed by atoms with van der Waals surface area (Å²) < 4.78 is 20.6. The average molecular weight is 239 g/mol. The molecule has 2 N–H and O–H groups in total. The van der Waals surface area contributed by atoms with Crippen LogP contribution < -0.4 is 10.5 Å². The van der Waals surface area contributed by atoms with Gasteiger partial charge in [-0.15, -0.1) is 0 Å². The Kier molecular flexibility index (Phi) is 4.15. The molecule has 0 radical (unpaired) electrons. The van der Waals surface area contributed by atoms with Gasteiger partial charge in [-0.1, -0.05) is 39.0 Å². The Labute approximate surface area is 103 Å². The maximum Gasteiger partial charge on any atom is 0.156 e. The van der Waals surface area contributed by atoms with E-state index in [0.29, 0.717) is 17.9 Å². The first kappa shape index (κ1) is 14.0. The van der Waals surface area contributed by atoms with Crippen molar-refractivity contribution < 1.29 is 9.13 Å². The Morgan fingerprint density at radius 1 is 1.24 bits per heavy atom. The second kappa shape index (κ2) is 5.05. The van der Waals surface area contributed by atoms with Gasteiger partial charge in [-0.2, -0.15) is 0 Å². The summed E-state index contributed by atoms with van der Waals surface area (Å²) in [5, 5.41) is 0. The molecule has 2 nitrogen and oxygen atoms in total. The zero-order chi connectivity index (χ0) is 13.1. The van der Waals surface area contributed by atoms with E-state index in [1.54, 1.807) is 12.1 Å². The fraction of sp³-hybridized carbons (Fsp3) is 0.571. The van der Waals surface area contributed by atoms with E-state index in [4.69, 9.17) is 10.5 Å². The van der Waals surface area contributed by atoms with Gasteiger partial charge in [-0.3, -0.25) is 0 Å². The van der Waals surface area contributed by atoms with Crippen LogP contribution in [-0.4, -0.2) is 13.2 Å². The lowest BCUT2D eigenvalue weighted by Crippen LogP contribution is -2.42. The summed E-state index contributed by atoms with van der Waals surface area (Å²) in [6, 6.07) is 7.19. The fourth-order valence-corrected chi connectivity index (χ4v) is 1.90. The van der Waals surface area contributed by atoms with E-state index in [-0.39, 0.29) is 6.54 Å². The molecule has 0 aromatic heterocycles. The number of halogens is 1. The Morgan fingerprint density at radius 3 is 2.29 bits per heavy atom. The molecule has 0 spiro atoms. The molecule has 0 fully saturated rings. The highest BCUT2D eigenvalue weighted by molar-refractivity contribution is 5.39. The van der Waals surface area contributed by atoms with Crippen LogP contribution in [0.25, 0.3) is 0 Å². The van der Waals surface area contributed by atoms with Crippen molar-refractivity contribution in [3.8, 4) is 5.75 Å². The summed E-state index contributed by atoms with van der Waals surface area (Å²) >= 11 is 0. The molecular formula is C14H22FNO. The lowest BCUT2D eigenvalue weighted by Gasteiger charge is -2.38. The fourth-order valence-electron chi connectivity index (χ4n) is 1.90. The van der Waals surface area contributed by atoms with Crippen molar-refractivity contribution in [3.05, 3.63) is 29.8 Å². The smallest absolute Gasteiger partial charge is 0.156 e. The molecule has 3 heteroatoms. The molecule has 0 aliphatic heterocycles. The van der Waals surface area contributed by atoms with Crippen LogP contribution in [0.1, 0.15) is 33.3 Å². The Morgan fingerprint density at radius 2 is 1.82 bits per heavy atom. The van der Waals surface area contributed by atoms with Crippen LogP contribution in [0.3, 0.4) is 0 Å². The van der Waals surface area contributed by atoms with Gasteiger partial charge in [0, 0.05) is 17.5 Å². The van der Waals surface area contributed by atoms with Gasteiger partial charge in [0.25, 0.3) is 0 Å². The molecule has 0 saturated carbocycles. The molecule has 17 heavy (non-hydrogen) atoms. The standard InChI is InChI=1S/C14H22FNO/c1-5-17-12-9-7-6-8-11(12)14(15,10-16)13(2,3)4/h6-9H,5,10,16H2,1-4H3. The monoisotopic (exact) mass is 239 g/mol. The Bertz CT molecular complexity index is 373.